The summed E-state index contributed by atoms with van der Waals surface area (Å²) in [5.74, 6) is -4.58. The summed E-state index contributed by atoms with van der Waals surface area (Å²) < 4.78 is 41.7. The Balaban J connectivity index is 3.04. The van der Waals surface area contributed by atoms with Crippen molar-refractivity contribution in [1.82, 2.24) is 0 Å². The van der Waals surface area contributed by atoms with Crippen molar-refractivity contribution in [3.8, 4) is 0 Å². The molecule has 0 bridgehead atoms. The second-order valence-electron chi connectivity index (χ2n) is 4.02. The lowest BCUT2D eigenvalue weighted by Gasteiger charge is -2.11. The van der Waals surface area contributed by atoms with Gasteiger partial charge in [-0.3, -0.25) is 9.59 Å². The Morgan fingerprint density at radius 1 is 1.20 bits per heavy atom. The number of Topliss-reactive ketones (excluding diaryl/α,β-unsaturated/α-hetero) is 2. The molecule has 7 heteroatoms. The highest BCUT2D eigenvalue weighted by Crippen LogP contribution is 2.30. The number of benzene rings is 1. The topological polar surface area (TPSA) is 60.4 Å². The fraction of sp³-hybridized carbons (Fsp3) is 0.308. The summed E-state index contributed by atoms with van der Waals surface area (Å²) in [6.07, 6.45) is -4.59. The third kappa shape index (κ3) is 3.43. The number of hydrogen-bond acceptors (Lipinski definition) is 4. The zero-order chi connectivity index (χ0) is 15.5. The molecule has 0 fully saturated rings. The van der Waals surface area contributed by atoms with Gasteiger partial charge in [0.05, 0.1) is 18.6 Å². The zero-order valence-corrected chi connectivity index (χ0v) is 10.7. The number of ether oxygens (including phenoxy) is 1. The van der Waals surface area contributed by atoms with E-state index in [0.29, 0.717) is 6.07 Å². The van der Waals surface area contributed by atoms with E-state index < -0.39 is 35.2 Å². The van der Waals surface area contributed by atoms with Crippen molar-refractivity contribution >= 4 is 17.5 Å². The predicted molar refractivity (Wildman–Crippen MR) is 62.0 cm³/mol. The van der Waals surface area contributed by atoms with Crippen LogP contribution in [0.4, 0.5) is 13.2 Å². The number of carbonyl (C=O) groups is 3. The van der Waals surface area contributed by atoms with Gasteiger partial charge in [0.1, 0.15) is 0 Å². The number of rotatable bonds is 4. The maximum Gasteiger partial charge on any atom is 0.416 e. The van der Waals surface area contributed by atoms with E-state index in [-0.39, 0.29) is 5.56 Å². The van der Waals surface area contributed by atoms with E-state index in [1.165, 1.54) is 0 Å². The van der Waals surface area contributed by atoms with E-state index in [4.69, 9.17) is 0 Å². The van der Waals surface area contributed by atoms with Crippen molar-refractivity contribution in [2.75, 3.05) is 7.11 Å². The molecule has 0 aliphatic rings. The molecule has 1 unspecified atom stereocenters. The van der Waals surface area contributed by atoms with Gasteiger partial charge < -0.3 is 4.74 Å². The molecule has 20 heavy (non-hydrogen) atoms. The maximum absolute atomic E-state index is 12.5. The summed E-state index contributed by atoms with van der Waals surface area (Å²) in [7, 11) is 0.974. The molecule has 0 radical (unpaired) electrons. The van der Waals surface area contributed by atoms with E-state index >= 15 is 0 Å². The molecule has 0 aliphatic heterocycles. The van der Waals surface area contributed by atoms with Crippen LogP contribution in [-0.2, 0) is 20.5 Å². The lowest BCUT2D eigenvalue weighted by atomic mass is 9.94. The molecule has 0 aliphatic carbocycles. The fourth-order valence-electron chi connectivity index (χ4n) is 1.50. The van der Waals surface area contributed by atoms with E-state index in [1.807, 2.05) is 0 Å². The largest absolute Gasteiger partial charge is 0.463 e. The van der Waals surface area contributed by atoms with Crippen LogP contribution in [0.1, 0.15) is 22.8 Å². The van der Waals surface area contributed by atoms with Crippen molar-refractivity contribution < 1.29 is 32.3 Å². The third-order valence-corrected chi connectivity index (χ3v) is 2.65. The second kappa shape index (κ2) is 5.85. The van der Waals surface area contributed by atoms with Gasteiger partial charge in [-0.2, -0.15) is 13.2 Å². The van der Waals surface area contributed by atoms with E-state index in [1.54, 1.807) is 0 Å². The first-order valence-corrected chi connectivity index (χ1v) is 5.52. The quantitative estimate of drug-likeness (QED) is 0.369. The number of alkyl halides is 3. The Labute approximate surface area is 112 Å². The molecule has 1 aromatic carbocycles. The van der Waals surface area contributed by atoms with Gasteiger partial charge in [0, 0.05) is 5.56 Å². The Bertz CT molecular complexity index is 549. The van der Waals surface area contributed by atoms with Crippen LogP contribution in [-0.4, -0.2) is 24.6 Å². The summed E-state index contributed by atoms with van der Waals surface area (Å²) in [4.78, 5) is 34.4. The van der Waals surface area contributed by atoms with Crippen LogP contribution >= 0.6 is 0 Å². The minimum absolute atomic E-state index is 0.287. The van der Waals surface area contributed by atoms with E-state index in [9.17, 15) is 27.6 Å². The summed E-state index contributed by atoms with van der Waals surface area (Å²) in [5.41, 5.74) is -1.29. The van der Waals surface area contributed by atoms with Crippen molar-refractivity contribution in [1.29, 1.82) is 0 Å². The first-order valence-electron chi connectivity index (χ1n) is 5.52. The molecule has 0 saturated heterocycles. The highest BCUT2D eigenvalue weighted by molar-refractivity contribution is 6.39. The number of esters is 1. The maximum atomic E-state index is 12.5. The summed E-state index contributed by atoms with van der Waals surface area (Å²) in [5, 5.41) is 0. The molecule has 1 aromatic rings. The zero-order valence-electron chi connectivity index (χ0n) is 10.7. The molecule has 108 valence electrons. The van der Waals surface area contributed by atoms with Gasteiger partial charge in [-0.25, -0.2) is 4.79 Å². The SMILES string of the molecule is COC(=O)C(=O)C(C)C(=O)c1cccc(C(F)(F)F)c1. The lowest BCUT2D eigenvalue weighted by Crippen LogP contribution is -2.29. The molecular formula is C13H11F3O4. The lowest BCUT2D eigenvalue weighted by molar-refractivity contribution is -0.152. The highest BCUT2D eigenvalue weighted by Gasteiger charge is 2.33. The number of hydrogen-bond donors (Lipinski definition) is 0. The molecule has 0 aromatic heterocycles. The Kier molecular flexibility index (Phi) is 4.65. The van der Waals surface area contributed by atoms with Crippen LogP contribution in [0, 0.1) is 5.92 Å². The molecule has 0 saturated carbocycles. The summed E-state index contributed by atoms with van der Waals surface area (Å²) in [6, 6.07) is 3.66. The van der Waals surface area contributed by atoms with Gasteiger partial charge in [-0.15, -0.1) is 0 Å². The van der Waals surface area contributed by atoms with Crippen LogP contribution in [0.15, 0.2) is 24.3 Å². The first kappa shape index (κ1) is 15.9. The van der Waals surface area contributed by atoms with Crippen molar-refractivity contribution in [2.45, 2.75) is 13.1 Å². The molecule has 1 rings (SSSR count). The molecule has 0 heterocycles. The normalized spacial score (nSPS) is 12.7. The van der Waals surface area contributed by atoms with Gasteiger partial charge in [0.2, 0.25) is 0 Å². The molecular weight excluding hydrogens is 277 g/mol. The number of ketones is 2. The first-order chi connectivity index (χ1) is 9.18. The number of halogens is 3. The third-order valence-electron chi connectivity index (χ3n) is 2.65. The monoisotopic (exact) mass is 288 g/mol. The van der Waals surface area contributed by atoms with Crippen LogP contribution in [0.2, 0.25) is 0 Å². The van der Waals surface area contributed by atoms with Gasteiger partial charge in [0.15, 0.2) is 5.78 Å². The highest BCUT2D eigenvalue weighted by atomic mass is 19.4. The molecule has 0 spiro atoms. The van der Waals surface area contributed by atoms with Crippen molar-refractivity contribution in [3.05, 3.63) is 35.4 Å². The number of methoxy groups -OCH3 is 1. The minimum atomic E-state index is -4.59. The van der Waals surface area contributed by atoms with Gasteiger partial charge >= 0.3 is 12.1 Å². The number of carbonyl (C=O) groups excluding carboxylic acids is 3. The van der Waals surface area contributed by atoms with Crippen LogP contribution in [0.25, 0.3) is 0 Å². The smallest absolute Gasteiger partial charge is 0.416 e. The predicted octanol–water partition coefficient (Wildman–Crippen LogP) is 2.27. The van der Waals surface area contributed by atoms with Gasteiger partial charge in [0.25, 0.3) is 5.78 Å². The molecule has 1 atom stereocenters. The summed E-state index contributed by atoms with van der Waals surface area (Å²) >= 11 is 0. The van der Waals surface area contributed by atoms with E-state index in [0.717, 1.165) is 32.2 Å². The minimum Gasteiger partial charge on any atom is -0.463 e. The molecule has 0 amide bonds. The van der Waals surface area contributed by atoms with Crippen LogP contribution in [0.3, 0.4) is 0 Å². The van der Waals surface area contributed by atoms with Crippen LogP contribution < -0.4 is 0 Å². The van der Waals surface area contributed by atoms with Crippen molar-refractivity contribution in [3.63, 3.8) is 0 Å². The van der Waals surface area contributed by atoms with Gasteiger partial charge in [-0.05, 0) is 19.1 Å². The molecule has 4 nitrogen and oxygen atoms in total. The average Bonchev–Trinajstić information content (AvgIpc) is 2.43. The summed E-state index contributed by atoms with van der Waals surface area (Å²) in [6.45, 7) is 1.14. The Morgan fingerprint density at radius 3 is 2.30 bits per heavy atom. The Morgan fingerprint density at radius 2 is 1.80 bits per heavy atom. The fourth-order valence-corrected chi connectivity index (χ4v) is 1.50. The van der Waals surface area contributed by atoms with E-state index in [2.05, 4.69) is 4.74 Å². The van der Waals surface area contributed by atoms with Crippen molar-refractivity contribution in [2.24, 2.45) is 5.92 Å². The molecule has 0 N–H and O–H groups in total. The average molecular weight is 288 g/mol. The van der Waals surface area contributed by atoms with Gasteiger partial charge in [-0.1, -0.05) is 12.1 Å². The standard InChI is InChI=1S/C13H11F3O4/c1-7(11(18)12(19)20-2)10(17)8-4-3-5-9(6-8)13(14,15)16/h3-7H,1-2H3. The second-order valence-corrected chi connectivity index (χ2v) is 4.02. The van der Waals surface area contributed by atoms with Crippen LogP contribution in [0.5, 0.6) is 0 Å². The Hall–Kier alpha value is -2.18.